The summed E-state index contributed by atoms with van der Waals surface area (Å²) >= 11 is 0. The summed E-state index contributed by atoms with van der Waals surface area (Å²) in [6.07, 6.45) is 7.23. The van der Waals surface area contributed by atoms with E-state index in [0.717, 1.165) is 18.4 Å². The maximum absolute atomic E-state index is 5.83. The van der Waals surface area contributed by atoms with Gasteiger partial charge in [-0.05, 0) is 32.1 Å². The van der Waals surface area contributed by atoms with Crippen LogP contribution < -0.4 is 10.6 Å². The lowest BCUT2D eigenvalue weighted by atomic mass is 10.0. The topological polar surface area (TPSA) is 72.3 Å². The fraction of sp³-hybridized carbons (Fsp3) is 0.615. The fourth-order valence-corrected chi connectivity index (χ4v) is 2.73. The van der Waals surface area contributed by atoms with E-state index in [1.54, 1.807) is 6.20 Å². The SMILES string of the molecule is CC1CCC(C)N(c2nnc3c(N)nccn23)CC1. The molecule has 102 valence electrons. The second-order valence-electron chi connectivity index (χ2n) is 5.52. The number of nitrogens with two attached hydrogens (primary N) is 1. The van der Waals surface area contributed by atoms with Crippen molar-refractivity contribution < 1.29 is 0 Å². The monoisotopic (exact) mass is 260 g/mol. The molecule has 3 heterocycles. The first-order chi connectivity index (χ1) is 9.16. The van der Waals surface area contributed by atoms with Crippen LogP contribution >= 0.6 is 0 Å². The summed E-state index contributed by atoms with van der Waals surface area (Å²) in [5.74, 6) is 2.08. The number of aromatic nitrogens is 4. The third-order valence-corrected chi connectivity index (χ3v) is 4.07. The van der Waals surface area contributed by atoms with E-state index in [-0.39, 0.29) is 0 Å². The van der Waals surface area contributed by atoms with Crippen molar-refractivity contribution >= 4 is 17.4 Å². The Morgan fingerprint density at radius 3 is 2.89 bits per heavy atom. The van der Waals surface area contributed by atoms with E-state index in [4.69, 9.17) is 5.73 Å². The Balaban J connectivity index is 2.01. The Morgan fingerprint density at radius 1 is 1.21 bits per heavy atom. The largest absolute Gasteiger partial charge is 0.381 e. The normalized spacial score (nSPS) is 24.6. The molecule has 2 atom stereocenters. The number of nitrogen functional groups attached to an aromatic ring is 1. The molecule has 0 bridgehead atoms. The highest BCUT2D eigenvalue weighted by Crippen LogP contribution is 2.26. The van der Waals surface area contributed by atoms with E-state index in [1.165, 1.54) is 19.3 Å². The minimum absolute atomic E-state index is 0.428. The van der Waals surface area contributed by atoms with Gasteiger partial charge in [-0.1, -0.05) is 6.92 Å². The average molecular weight is 260 g/mol. The zero-order chi connectivity index (χ0) is 13.4. The Labute approximate surface area is 112 Å². The lowest BCUT2D eigenvalue weighted by Gasteiger charge is -2.26. The van der Waals surface area contributed by atoms with Gasteiger partial charge >= 0.3 is 0 Å². The Kier molecular flexibility index (Phi) is 3.00. The predicted octanol–water partition coefficient (Wildman–Crippen LogP) is 1.72. The average Bonchev–Trinajstić information content (AvgIpc) is 2.75. The number of hydrogen-bond donors (Lipinski definition) is 1. The van der Waals surface area contributed by atoms with Crippen LogP contribution in [0.3, 0.4) is 0 Å². The molecule has 6 heteroatoms. The second-order valence-corrected chi connectivity index (χ2v) is 5.52. The zero-order valence-corrected chi connectivity index (χ0v) is 11.5. The van der Waals surface area contributed by atoms with Gasteiger partial charge in [0.2, 0.25) is 11.6 Å². The summed E-state index contributed by atoms with van der Waals surface area (Å²) in [7, 11) is 0. The number of nitrogens with zero attached hydrogens (tertiary/aromatic N) is 5. The Hall–Kier alpha value is -1.85. The van der Waals surface area contributed by atoms with Crippen LogP contribution in [0.1, 0.15) is 33.1 Å². The second kappa shape index (κ2) is 4.68. The van der Waals surface area contributed by atoms with Gasteiger partial charge in [-0.15, -0.1) is 10.2 Å². The van der Waals surface area contributed by atoms with Crippen LogP contribution in [0.15, 0.2) is 12.4 Å². The number of anilines is 2. The Bertz CT molecular complexity index is 578. The van der Waals surface area contributed by atoms with E-state index < -0.39 is 0 Å². The van der Waals surface area contributed by atoms with Gasteiger partial charge in [0.15, 0.2) is 5.82 Å². The minimum Gasteiger partial charge on any atom is -0.381 e. The van der Waals surface area contributed by atoms with Crippen molar-refractivity contribution in [1.82, 2.24) is 19.6 Å². The third kappa shape index (κ3) is 2.11. The van der Waals surface area contributed by atoms with Gasteiger partial charge in [0.05, 0.1) is 0 Å². The number of fused-ring (bicyclic) bond motifs is 1. The Morgan fingerprint density at radius 2 is 2.05 bits per heavy atom. The van der Waals surface area contributed by atoms with Crippen LogP contribution in [0.4, 0.5) is 11.8 Å². The van der Waals surface area contributed by atoms with Crippen LogP contribution in [0.5, 0.6) is 0 Å². The molecule has 3 rings (SSSR count). The smallest absolute Gasteiger partial charge is 0.232 e. The molecular weight excluding hydrogens is 240 g/mol. The summed E-state index contributed by atoms with van der Waals surface area (Å²) in [4.78, 5) is 6.39. The van der Waals surface area contributed by atoms with Crippen molar-refractivity contribution in [3.8, 4) is 0 Å². The van der Waals surface area contributed by atoms with Gasteiger partial charge in [-0.3, -0.25) is 4.40 Å². The lowest BCUT2D eigenvalue weighted by Crippen LogP contribution is -2.34. The maximum Gasteiger partial charge on any atom is 0.232 e. The fourth-order valence-electron chi connectivity index (χ4n) is 2.73. The molecule has 0 radical (unpaired) electrons. The van der Waals surface area contributed by atoms with Crippen molar-refractivity contribution in [3.05, 3.63) is 12.4 Å². The van der Waals surface area contributed by atoms with Crippen LogP contribution in [0.25, 0.3) is 5.65 Å². The van der Waals surface area contributed by atoms with Gasteiger partial charge in [0.1, 0.15) is 0 Å². The summed E-state index contributed by atoms with van der Waals surface area (Å²) in [6, 6.07) is 0.478. The summed E-state index contributed by atoms with van der Waals surface area (Å²) in [5, 5.41) is 8.48. The molecule has 0 aliphatic carbocycles. The van der Waals surface area contributed by atoms with Crippen LogP contribution in [0.2, 0.25) is 0 Å². The van der Waals surface area contributed by atoms with Gasteiger partial charge < -0.3 is 10.6 Å². The highest BCUT2D eigenvalue weighted by atomic mass is 15.4. The van der Waals surface area contributed by atoms with Gasteiger partial charge in [0, 0.05) is 25.0 Å². The molecule has 1 aliphatic heterocycles. The number of rotatable bonds is 1. The standard InChI is InChI=1S/C13H20N6/c1-9-3-4-10(2)18(7-5-9)13-17-16-12-11(14)15-6-8-19(12)13/h6,8-10H,3-5,7H2,1-2H3,(H2,14,15). The van der Waals surface area contributed by atoms with E-state index >= 15 is 0 Å². The number of hydrogen-bond acceptors (Lipinski definition) is 5. The minimum atomic E-state index is 0.428. The van der Waals surface area contributed by atoms with Gasteiger partial charge in [-0.2, -0.15) is 0 Å². The molecule has 2 N–H and O–H groups in total. The molecule has 0 saturated carbocycles. The first-order valence-electron chi connectivity index (χ1n) is 6.88. The lowest BCUT2D eigenvalue weighted by molar-refractivity contribution is 0.509. The summed E-state index contributed by atoms with van der Waals surface area (Å²) < 4.78 is 1.94. The predicted molar refractivity (Wildman–Crippen MR) is 75.0 cm³/mol. The van der Waals surface area contributed by atoms with Crippen molar-refractivity contribution in [2.45, 2.75) is 39.2 Å². The molecule has 1 fully saturated rings. The van der Waals surface area contributed by atoms with Crippen molar-refractivity contribution in [1.29, 1.82) is 0 Å². The van der Waals surface area contributed by atoms with Crippen LogP contribution in [-0.4, -0.2) is 32.2 Å². The zero-order valence-electron chi connectivity index (χ0n) is 11.5. The van der Waals surface area contributed by atoms with E-state index in [0.29, 0.717) is 17.5 Å². The van der Waals surface area contributed by atoms with Crippen molar-refractivity contribution in [2.24, 2.45) is 5.92 Å². The molecule has 1 saturated heterocycles. The van der Waals surface area contributed by atoms with Gasteiger partial charge in [0.25, 0.3) is 0 Å². The molecule has 2 unspecified atom stereocenters. The third-order valence-electron chi connectivity index (χ3n) is 4.07. The highest BCUT2D eigenvalue weighted by Gasteiger charge is 2.24. The molecular formula is C13H20N6. The molecule has 2 aromatic rings. The first-order valence-corrected chi connectivity index (χ1v) is 6.88. The van der Waals surface area contributed by atoms with Crippen molar-refractivity contribution in [2.75, 3.05) is 17.2 Å². The quantitative estimate of drug-likeness (QED) is 0.845. The van der Waals surface area contributed by atoms with E-state index in [9.17, 15) is 0 Å². The molecule has 0 aromatic carbocycles. The molecule has 0 amide bonds. The molecule has 19 heavy (non-hydrogen) atoms. The van der Waals surface area contributed by atoms with Crippen LogP contribution in [0, 0.1) is 5.92 Å². The van der Waals surface area contributed by atoms with Crippen molar-refractivity contribution in [3.63, 3.8) is 0 Å². The molecule has 0 spiro atoms. The maximum atomic E-state index is 5.83. The van der Waals surface area contributed by atoms with Crippen LogP contribution in [-0.2, 0) is 0 Å². The van der Waals surface area contributed by atoms with E-state index in [1.807, 2.05) is 10.6 Å². The molecule has 2 aromatic heterocycles. The first kappa shape index (κ1) is 12.2. The highest BCUT2D eigenvalue weighted by molar-refractivity contribution is 5.61. The van der Waals surface area contributed by atoms with E-state index in [2.05, 4.69) is 33.9 Å². The summed E-state index contributed by atoms with van der Waals surface area (Å²) in [5.41, 5.74) is 6.47. The summed E-state index contributed by atoms with van der Waals surface area (Å²) in [6.45, 7) is 5.59. The van der Waals surface area contributed by atoms with Gasteiger partial charge in [-0.25, -0.2) is 4.98 Å². The molecule has 6 nitrogen and oxygen atoms in total. The molecule has 1 aliphatic rings.